The number of hydrogen-bond donors (Lipinski definition) is 0. The van der Waals surface area contributed by atoms with Gasteiger partial charge in [0.25, 0.3) is 0 Å². The van der Waals surface area contributed by atoms with Crippen LogP contribution in [0.2, 0.25) is 5.15 Å². The second-order valence-electron chi connectivity index (χ2n) is 6.39. The zero-order chi connectivity index (χ0) is 15.9. The van der Waals surface area contributed by atoms with Crippen LogP contribution in [0.4, 0.5) is 13.2 Å². The van der Waals surface area contributed by atoms with E-state index in [-0.39, 0.29) is 29.7 Å². The van der Waals surface area contributed by atoms with E-state index in [0.717, 1.165) is 5.56 Å². The number of alkyl halides is 3. The van der Waals surface area contributed by atoms with Crippen molar-refractivity contribution < 1.29 is 13.2 Å². The molecule has 116 valence electrons. The van der Waals surface area contributed by atoms with Gasteiger partial charge >= 0.3 is 6.18 Å². The van der Waals surface area contributed by atoms with Gasteiger partial charge in [0.15, 0.2) is 5.15 Å². The average molecular weight is 328 g/mol. The molecule has 1 spiro atoms. The Labute approximate surface area is 129 Å². The molecule has 0 saturated heterocycles. The first-order chi connectivity index (χ1) is 10.2. The summed E-state index contributed by atoms with van der Waals surface area (Å²) in [6.45, 7) is 3.63. The smallest absolute Gasteiger partial charge is 0.248 e. The van der Waals surface area contributed by atoms with Crippen molar-refractivity contribution >= 4 is 22.6 Å². The summed E-state index contributed by atoms with van der Waals surface area (Å²) in [6.07, 6.45) is -3.91. The zero-order valence-electron chi connectivity index (χ0n) is 12.0. The number of halogens is 4. The Kier molecular flexibility index (Phi) is 2.64. The number of nitrogens with zero attached hydrogens (tertiary/aromatic N) is 3. The van der Waals surface area contributed by atoms with E-state index in [1.54, 1.807) is 6.92 Å². The third-order valence-electron chi connectivity index (χ3n) is 5.31. The predicted octanol–water partition coefficient (Wildman–Crippen LogP) is 4.00. The first-order valence-electron chi connectivity index (χ1n) is 7.14. The van der Waals surface area contributed by atoms with Crippen LogP contribution >= 0.6 is 11.6 Å². The third-order valence-corrected chi connectivity index (χ3v) is 5.57. The second kappa shape index (κ2) is 4.10. The lowest BCUT2D eigenvalue weighted by Crippen LogP contribution is -2.59. The lowest BCUT2D eigenvalue weighted by atomic mass is 9.50. The third kappa shape index (κ3) is 1.62. The van der Waals surface area contributed by atoms with Crippen LogP contribution in [0, 0.1) is 18.8 Å². The number of rotatable bonds is 0. The fourth-order valence-corrected chi connectivity index (χ4v) is 4.21. The summed E-state index contributed by atoms with van der Waals surface area (Å²) in [5.74, 6) is -1.37. The van der Waals surface area contributed by atoms with Gasteiger partial charge in [0.05, 0.1) is 11.4 Å². The van der Waals surface area contributed by atoms with Crippen LogP contribution in [0.1, 0.15) is 30.4 Å². The van der Waals surface area contributed by atoms with Crippen molar-refractivity contribution in [2.24, 2.45) is 11.8 Å². The van der Waals surface area contributed by atoms with Crippen molar-refractivity contribution in [1.82, 2.24) is 15.0 Å². The Morgan fingerprint density at radius 1 is 1.27 bits per heavy atom. The van der Waals surface area contributed by atoms with Crippen LogP contribution in [0.15, 0.2) is 6.07 Å². The summed E-state index contributed by atoms with van der Waals surface area (Å²) in [6, 6.07) is 1.81. The highest BCUT2D eigenvalue weighted by atomic mass is 35.5. The van der Waals surface area contributed by atoms with Crippen molar-refractivity contribution in [3.05, 3.63) is 28.3 Å². The Bertz CT molecular complexity index is 805. The molecule has 22 heavy (non-hydrogen) atoms. The van der Waals surface area contributed by atoms with Crippen LogP contribution in [0.5, 0.6) is 0 Å². The van der Waals surface area contributed by atoms with Gasteiger partial charge in [0.2, 0.25) is 0 Å². The predicted molar refractivity (Wildman–Crippen MR) is 75.8 cm³/mol. The number of fused-ring (bicyclic) bond motifs is 3. The quantitative estimate of drug-likeness (QED) is 0.686. The molecule has 3 nitrogen and oxygen atoms in total. The molecule has 1 fully saturated rings. The fraction of sp³-hybridized carbons (Fsp3) is 0.533. The molecule has 2 aliphatic rings. The Balaban J connectivity index is 2.03. The van der Waals surface area contributed by atoms with E-state index in [1.165, 1.54) is 0 Å². The molecule has 1 aliphatic heterocycles. The van der Waals surface area contributed by atoms with Gasteiger partial charge in [-0.2, -0.15) is 13.2 Å². The van der Waals surface area contributed by atoms with Gasteiger partial charge in [0, 0.05) is 11.1 Å². The molecule has 4 rings (SSSR count). The van der Waals surface area contributed by atoms with Crippen molar-refractivity contribution in [3.8, 4) is 0 Å². The summed E-state index contributed by atoms with van der Waals surface area (Å²) >= 11 is 6.16. The van der Waals surface area contributed by atoms with Crippen molar-refractivity contribution in [3.63, 3.8) is 0 Å². The van der Waals surface area contributed by atoms with Crippen LogP contribution in [0.3, 0.4) is 0 Å². The fourth-order valence-electron chi connectivity index (χ4n) is 3.99. The van der Waals surface area contributed by atoms with Crippen molar-refractivity contribution in [1.29, 1.82) is 0 Å². The lowest BCUT2D eigenvalue weighted by molar-refractivity contribution is -0.238. The molecule has 1 aliphatic carbocycles. The molecule has 0 N–H and O–H groups in total. The van der Waals surface area contributed by atoms with E-state index >= 15 is 0 Å². The maximum atomic E-state index is 13.5. The van der Waals surface area contributed by atoms with E-state index in [0.29, 0.717) is 16.7 Å². The number of aromatic nitrogens is 3. The van der Waals surface area contributed by atoms with Gasteiger partial charge in [-0.05, 0) is 37.3 Å². The second-order valence-corrected chi connectivity index (χ2v) is 6.74. The maximum Gasteiger partial charge on any atom is 0.392 e. The highest BCUT2D eigenvalue weighted by molar-refractivity contribution is 6.33. The van der Waals surface area contributed by atoms with E-state index in [4.69, 9.17) is 11.6 Å². The molecule has 3 heterocycles. The summed E-state index contributed by atoms with van der Waals surface area (Å²) in [7, 11) is 0. The highest BCUT2D eigenvalue weighted by Gasteiger charge is 2.66. The summed E-state index contributed by atoms with van der Waals surface area (Å²) in [5.41, 5.74) is 1.37. The Hall–Kier alpha value is -1.43. The molecule has 7 heteroatoms. The van der Waals surface area contributed by atoms with Crippen molar-refractivity contribution in [2.45, 2.75) is 38.3 Å². The summed E-state index contributed by atoms with van der Waals surface area (Å²) in [5, 5.41) is 0.135. The van der Waals surface area contributed by atoms with Crippen LogP contribution < -0.4 is 0 Å². The zero-order valence-corrected chi connectivity index (χ0v) is 12.8. The molecule has 2 aromatic rings. The molecule has 0 radical (unpaired) electrons. The molecule has 0 amide bonds. The minimum atomic E-state index is -4.27. The largest absolute Gasteiger partial charge is 0.392 e. The van der Waals surface area contributed by atoms with E-state index in [1.807, 2.05) is 13.0 Å². The van der Waals surface area contributed by atoms with E-state index < -0.39 is 17.5 Å². The molecular weight excluding hydrogens is 315 g/mol. The van der Waals surface area contributed by atoms with Crippen LogP contribution in [0.25, 0.3) is 11.0 Å². The van der Waals surface area contributed by atoms with Gasteiger partial charge in [-0.15, -0.1) is 0 Å². The molecule has 0 aromatic carbocycles. The molecule has 2 unspecified atom stereocenters. The monoisotopic (exact) mass is 327 g/mol. The number of aryl methyl sites for hydroxylation is 1. The van der Waals surface area contributed by atoms with Crippen LogP contribution in [-0.2, 0) is 11.8 Å². The SMILES string of the molecule is Cc1nc2c(Cl)nc3nc2cc1CC31C(C)C[C@H]1C(F)(F)F. The minimum absolute atomic E-state index is 0.102. The minimum Gasteiger partial charge on any atom is -0.248 e. The first kappa shape index (κ1) is 14.2. The Morgan fingerprint density at radius 2 is 2.00 bits per heavy atom. The standard InChI is InChI=1S/C15H13ClF3N3/c1-6-3-10(15(17,18)19)14(6)5-8-4-9-11(20-7(8)2)12(16)22-13(14)21-9/h4,6,10H,3,5H2,1-2H3/t6?,10-,14?/m1/s1. The van der Waals surface area contributed by atoms with Gasteiger partial charge in [-0.25, -0.2) is 15.0 Å². The molecule has 3 bridgehead atoms. The topological polar surface area (TPSA) is 38.7 Å². The van der Waals surface area contributed by atoms with Gasteiger partial charge in [-0.3, -0.25) is 0 Å². The van der Waals surface area contributed by atoms with Crippen molar-refractivity contribution in [2.75, 3.05) is 0 Å². The Morgan fingerprint density at radius 3 is 2.64 bits per heavy atom. The first-order valence-corrected chi connectivity index (χ1v) is 7.52. The van der Waals surface area contributed by atoms with Crippen LogP contribution in [-0.4, -0.2) is 21.1 Å². The van der Waals surface area contributed by atoms with Gasteiger partial charge in [-0.1, -0.05) is 18.5 Å². The van der Waals surface area contributed by atoms with E-state index in [9.17, 15) is 13.2 Å². The van der Waals surface area contributed by atoms with Gasteiger partial charge < -0.3 is 0 Å². The lowest BCUT2D eigenvalue weighted by Gasteiger charge is -2.54. The molecule has 2 aromatic heterocycles. The summed E-state index contributed by atoms with van der Waals surface area (Å²) in [4.78, 5) is 13.0. The average Bonchev–Trinajstić information content (AvgIpc) is 2.51. The highest BCUT2D eigenvalue weighted by Crippen LogP contribution is 2.60. The molecule has 3 atom stereocenters. The van der Waals surface area contributed by atoms with E-state index in [2.05, 4.69) is 15.0 Å². The summed E-state index contributed by atoms with van der Waals surface area (Å²) < 4.78 is 40.5. The number of pyridine rings is 1. The molecular formula is C15H13ClF3N3. The normalized spacial score (nSPS) is 30.1. The van der Waals surface area contributed by atoms with Gasteiger partial charge in [0.1, 0.15) is 11.3 Å². The maximum absolute atomic E-state index is 13.5. The molecule has 1 saturated carbocycles. The number of hydrogen-bond acceptors (Lipinski definition) is 3.